The molecule has 0 bridgehead atoms. The monoisotopic (exact) mass is 236 g/mol. The lowest BCUT2D eigenvalue weighted by Gasteiger charge is -2.24. The van der Waals surface area contributed by atoms with E-state index in [1.54, 1.807) is 0 Å². The average molecular weight is 236 g/mol. The standard InChI is InChI=1S/C13H20N2O2/c1-2-8-7-10(8)15-6-5-11(16)14-12(13(15)17)9-3-4-9/h8-10,12H,2-7H2,1H3,(H,14,16). The number of hydrogen-bond acceptors (Lipinski definition) is 2. The van der Waals surface area contributed by atoms with Crippen LogP contribution in [0.2, 0.25) is 0 Å². The SMILES string of the molecule is CCC1CC1N1CCC(=O)NC(C2CC2)C1=O. The fraction of sp³-hybridized carbons (Fsp3) is 0.846. The lowest BCUT2D eigenvalue weighted by molar-refractivity contribution is -0.134. The van der Waals surface area contributed by atoms with E-state index in [0.29, 0.717) is 30.8 Å². The van der Waals surface area contributed by atoms with Gasteiger partial charge < -0.3 is 10.2 Å². The Morgan fingerprint density at radius 3 is 2.71 bits per heavy atom. The third-order valence-electron chi connectivity index (χ3n) is 4.35. The lowest BCUT2D eigenvalue weighted by Crippen LogP contribution is -2.47. The average Bonchev–Trinajstić information content (AvgIpc) is 3.14. The fourth-order valence-corrected chi connectivity index (χ4v) is 2.95. The Morgan fingerprint density at radius 1 is 1.35 bits per heavy atom. The molecule has 1 heterocycles. The van der Waals surface area contributed by atoms with Gasteiger partial charge in [0.2, 0.25) is 11.8 Å². The smallest absolute Gasteiger partial charge is 0.245 e. The maximum Gasteiger partial charge on any atom is 0.245 e. The molecule has 17 heavy (non-hydrogen) atoms. The zero-order valence-corrected chi connectivity index (χ0v) is 10.3. The summed E-state index contributed by atoms with van der Waals surface area (Å²) in [6.07, 6.45) is 4.93. The summed E-state index contributed by atoms with van der Waals surface area (Å²) in [5.74, 6) is 1.31. The van der Waals surface area contributed by atoms with Crippen LogP contribution in [0, 0.1) is 11.8 Å². The van der Waals surface area contributed by atoms with E-state index in [1.165, 1.54) is 0 Å². The summed E-state index contributed by atoms with van der Waals surface area (Å²) in [5.41, 5.74) is 0. The predicted octanol–water partition coefficient (Wildman–Crippen LogP) is 0.912. The highest BCUT2D eigenvalue weighted by molar-refractivity contribution is 5.90. The largest absolute Gasteiger partial charge is 0.344 e. The molecule has 1 saturated heterocycles. The van der Waals surface area contributed by atoms with Gasteiger partial charge in [0, 0.05) is 19.0 Å². The van der Waals surface area contributed by atoms with Crippen molar-refractivity contribution in [2.45, 2.75) is 51.1 Å². The molecule has 3 aliphatic rings. The van der Waals surface area contributed by atoms with Crippen LogP contribution in [-0.4, -0.2) is 35.3 Å². The second-order valence-corrected chi connectivity index (χ2v) is 5.64. The van der Waals surface area contributed by atoms with Crippen LogP contribution >= 0.6 is 0 Å². The molecule has 1 N–H and O–H groups in total. The molecule has 0 radical (unpaired) electrons. The topological polar surface area (TPSA) is 49.4 Å². The van der Waals surface area contributed by atoms with Gasteiger partial charge in [0.25, 0.3) is 0 Å². The quantitative estimate of drug-likeness (QED) is 0.792. The number of nitrogens with zero attached hydrogens (tertiary/aromatic N) is 1. The number of rotatable bonds is 3. The molecule has 2 saturated carbocycles. The summed E-state index contributed by atoms with van der Waals surface area (Å²) in [6.45, 7) is 2.80. The highest BCUT2D eigenvalue weighted by Crippen LogP contribution is 2.41. The van der Waals surface area contributed by atoms with Gasteiger partial charge in [-0.15, -0.1) is 0 Å². The summed E-state index contributed by atoms with van der Waals surface area (Å²) >= 11 is 0. The Kier molecular flexibility index (Phi) is 2.60. The number of carbonyl (C=O) groups excluding carboxylic acids is 2. The molecule has 2 aliphatic carbocycles. The van der Waals surface area contributed by atoms with Gasteiger partial charge in [0.1, 0.15) is 6.04 Å². The van der Waals surface area contributed by atoms with Crippen LogP contribution in [0.3, 0.4) is 0 Å². The Balaban J connectivity index is 1.74. The van der Waals surface area contributed by atoms with Crippen molar-refractivity contribution < 1.29 is 9.59 Å². The molecular weight excluding hydrogens is 216 g/mol. The third kappa shape index (κ3) is 2.05. The molecule has 1 aliphatic heterocycles. The third-order valence-corrected chi connectivity index (χ3v) is 4.35. The summed E-state index contributed by atoms with van der Waals surface area (Å²) in [5, 5.41) is 2.91. The summed E-state index contributed by atoms with van der Waals surface area (Å²) in [6, 6.07) is 0.199. The zero-order chi connectivity index (χ0) is 12.0. The van der Waals surface area contributed by atoms with Crippen molar-refractivity contribution in [3.63, 3.8) is 0 Å². The van der Waals surface area contributed by atoms with Gasteiger partial charge in [-0.05, 0) is 31.1 Å². The van der Waals surface area contributed by atoms with Crippen LogP contribution in [-0.2, 0) is 9.59 Å². The Labute approximate surface area is 102 Å². The molecule has 3 fully saturated rings. The van der Waals surface area contributed by atoms with Crippen LogP contribution in [0.15, 0.2) is 0 Å². The van der Waals surface area contributed by atoms with Crippen LogP contribution in [0.4, 0.5) is 0 Å². The first-order chi connectivity index (χ1) is 8.20. The molecule has 2 amide bonds. The first-order valence-corrected chi connectivity index (χ1v) is 6.80. The van der Waals surface area contributed by atoms with E-state index in [2.05, 4.69) is 12.2 Å². The highest BCUT2D eigenvalue weighted by Gasteiger charge is 2.48. The first kappa shape index (κ1) is 11.1. The Bertz CT molecular complexity index is 351. The second-order valence-electron chi connectivity index (χ2n) is 5.64. The van der Waals surface area contributed by atoms with Crippen molar-refractivity contribution in [2.75, 3.05) is 6.54 Å². The molecule has 3 atom stereocenters. The molecule has 4 nitrogen and oxygen atoms in total. The van der Waals surface area contributed by atoms with Gasteiger partial charge in [0.15, 0.2) is 0 Å². The molecule has 0 aromatic heterocycles. The van der Waals surface area contributed by atoms with E-state index in [9.17, 15) is 9.59 Å². The summed E-state index contributed by atoms with van der Waals surface area (Å²) < 4.78 is 0. The minimum absolute atomic E-state index is 0.0476. The van der Waals surface area contributed by atoms with Crippen molar-refractivity contribution in [3.8, 4) is 0 Å². The molecule has 3 unspecified atom stereocenters. The minimum atomic E-state index is -0.219. The van der Waals surface area contributed by atoms with E-state index < -0.39 is 0 Å². The molecule has 3 rings (SSSR count). The normalized spacial score (nSPS) is 37.7. The molecule has 4 heteroatoms. The van der Waals surface area contributed by atoms with Gasteiger partial charge in [-0.25, -0.2) is 0 Å². The molecular formula is C13H20N2O2. The van der Waals surface area contributed by atoms with Crippen LogP contribution in [0.25, 0.3) is 0 Å². The van der Waals surface area contributed by atoms with Gasteiger partial charge in [-0.2, -0.15) is 0 Å². The van der Waals surface area contributed by atoms with Crippen molar-refractivity contribution in [2.24, 2.45) is 11.8 Å². The fourth-order valence-electron chi connectivity index (χ4n) is 2.95. The van der Waals surface area contributed by atoms with Crippen molar-refractivity contribution in [3.05, 3.63) is 0 Å². The van der Waals surface area contributed by atoms with Gasteiger partial charge >= 0.3 is 0 Å². The number of carbonyl (C=O) groups is 2. The molecule has 0 aromatic rings. The number of amides is 2. The summed E-state index contributed by atoms with van der Waals surface area (Å²) in [4.78, 5) is 26.0. The highest BCUT2D eigenvalue weighted by atomic mass is 16.2. The maximum absolute atomic E-state index is 12.4. The molecule has 0 spiro atoms. The van der Waals surface area contributed by atoms with Crippen molar-refractivity contribution in [1.82, 2.24) is 10.2 Å². The minimum Gasteiger partial charge on any atom is -0.344 e. The van der Waals surface area contributed by atoms with Crippen LogP contribution < -0.4 is 5.32 Å². The van der Waals surface area contributed by atoms with Gasteiger partial charge in [0.05, 0.1) is 0 Å². The Morgan fingerprint density at radius 2 is 2.12 bits per heavy atom. The first-order valence-electron chi connectivity index (χ1n) is 6.80. The number of hydrogen-bond donors (Lipinski definition) is 1. The maximum atomic E-state index is 12.4. The van der Waals surface area contributed by atoms with Crippen molar-refractivity contribution in [1.29, 1.82) is 0 Å². The Hall–Kier alpha value is -1.06. The lowest BCUT2D eigenvalue weighted by atomic mass is 10.1. The van der Waals surface area contributed by atoms with Crippen LogP contribution in [0.1, 0.15) is 39.0 Å². The zero-order valence-electron chi connectivity index (χ0n) is 10.3. The summed E-state index contributed by atoms with van der Waals surface area (Å²) in [7, 11) is 0. The molecule has 0 aromatic carbocycles. The van der Waals surface area contributed by atoms with E-state index in [1.807, 2.05) is 4.90 Å². The van der Waals surface area contributed by atoms with E-state index >= 15 is 0 Å². The second kappa shape index (κ2) is 4.00. The van der Waals surface area contributed by atoms with E-state index in [0.717, 1.165) is 25.7 Å². The molecule has 94 valence electrons. The predicted molar refractivity (Wildman–Crippen MR) is 63.2 cm³/mol. The van der Waals surface area contributed by atoms with Crippen molar-refractivity contribution >= 4 is 11.8 Å². The number of nitrogens with one attached hydrogen (secondary N) is 1. The van der Waals surface area contributed by atoms with Crippen LogP contribution in [0.5, 0.6) is 0 Å². The van der Waals surface area contributed by atoms with Gasteiger partial charge in [-0.1, -0.05) is 13.3 Å². The van der Waals surface area contributed by atoms with Gasteiger partial charge in [-0.3, -0.25) is 9.59 Å². The van der Waals surface area contributed by atoms with E-state index in [4.69, 9.17) is 0 Å². The van der Waals surface area contributed by atoms with E-state index in [-0.39, 0.29) is 17.9 Å².